The van der Waals surface area contributed by atoms with E-state index in [9.17, 15) is 22.8 Å². The molecule has 1 heterocycles. The van der Waals surface area contributed by atoms with Gasteiger partial charge in [0.2, 0.25) is 0 Å². The lowest BCUT2D eigenvalue weighted by Crippen LogP contribution is -2.39. The minimum atomic E-state index is -4.78. The largest absolute Gasteiger partial charge is 0.497 e. The summed E-state index contributed by atoms with van der Waals surface area (Å²) in [5.41, 5.74) is -1.97. The van der Waals surface area contributed by atoms with Gasteiger partial charge >= 0.3 is 18.1 Å². The molecule has 0 saturated carbocycles. The van der Waals surface area contributed by atoms with Gasteiger partial charge < -0.3 is 23.8 Å². The first kappa shape index (κ1) is 20.8. The van der Waals surface area contributed by atoms with Crippen molar-refractivity contribution in [3.63, 3.8) is 0 Å². The predicted octanol–water partition coefficient (Wildman–Crippen LogP) is 2.76. The third kappa shape index (κ3) is 4.11. The maximum Gasteiger partial charge on any atom is 0.418 e. The Kier molecular flexibility index (Phi) is 6.22. The van der Waals surface area contributed by atoms with Crippen molar-refractivity contribution >= 4 is 29.2 Å². The Hall–Kier alpha value is -2.46. The van der Waals surface area contributed by atoms with Gasteiger partial charge in [-0.3, -0.25) is 0 Å². The van der Waals surface area contributed by atoms with Gasteiger partial charge in [-0.1, -0.05) is 11.6 Å². The summed E-state index contributed by atoms with van der Waals surface area (Å²) in [7, 11) is 3.33. The van der Waals surface area contributed by atoms with Gasteiger partial charge in [0.15, 0.2) is 0 Å². The maximum absolute atomic E-state index is 13.3. The summed E-state index contributed by atoms with van der Waals surface area (Å²) in [4.78, 5) is 25.2. The normalized spacial score (nSPS) is 14.9. The van der Waals surface area contributed by atoms with Crippen molar-refractivity contribution < 1.29 is 41.7 Å². The molecular formula is C16H15ClF3NO6. The predicted molar refractivity (Wildman–Crippen MR) is 87.4 cm³/mol. The van der Waals surface area contributed by atoms with Crippen LogP contribution in [0.1, 0.15) is 5.56 Å². The second-order valence-corrected chi connectivity index (χ2v) is 5.60. The number of carbonyl (C=O) groups is 2. The number of methoxy groups -OCH3 is 3. The fourth-order valence-electron chi connectivity index (χ4n) is 2.44. The van der Waals surface area contributed by atoms with Crippen molar-refractivity contribution in [2.24, 2.45) is 0 Å². The van der Waals surface area contributed by atoms with Crippen LogP contribution in [-0.2, 0) is 30.0 Å². The summed E-state index contributed by atoms with van der Waals surface area (Å²) in [6.07, 6.45) is -4.78. The van der Waals surface area contributed by atoms with Gasteiger partial charge in [-0.25, -0.2) is 9.59 Å². The number of anilines is 1. The number of esters is 2. The Labute approximate surface area is 157 Å². The van der Waals surface area contributed by atoms with E-state index in [4.69, 9.17) is 21.1 Å². The first-order valence-electron chi connectivity index (χ1n) is 7.35. The van der Waals surface area contributed by atoms with E-state index in [1.807, 2.05) is 0 Å². The third-order valence-corrected chi connectivity index (χ3v) is 4.09. The van der Waals surface area contributed by atoms with Crippen molar-refractivity contribution in [2.75, 3.05) is 39.6 Å². The van der Waals surface area contributed by atoms with E-state index in [0.717, 1.165) is 25.2 Å². The molecule has 7 nitrogen and oxygen atoms in total. The van der Waals surface area contributed by atoms with E-state index >= 15 is 0 Å². The topological polar surface area (TPSA) is 74.3 Å². The summed E-state index contributed by atoms with van der Waals surface area (Å²) >= 11 is 5.97. The van der Waals surface area contributed by atoms with E-state index in [2.05, 4.69) is 9.47 Å². The summed E-state index contributed by atoms with van der Waals surface area (Å²) < 4.78 is 59.4. The van der Waals surface area contributed by atoms with E-state index in [1.165, 1.54) is 13.2 Å². The molecule has 2 rings (SSSR count). The highest BCUT2D eigenvalue weighted by atomic mass is 35.5. The first-order valence-corrected chi connectivity index (χ1v) is 7.73. The average molecular weight is 410 g/mol. The highest BCUT2D eigenvalue weighted by Crippen LogP contribution is 2.44. The molecule has 0 bridgehead atoms. The SMILES string of the molecule is COC(=O)C1=C(C(=O)OC)N(c2cc(OC)cc(C(F)(F)F)c2Cl)COC1. The van der Waals surface area contributed by atoms with Gasteiger partial charge in [0.1, 0.15) is 18.2 Å². The van der Waals surface area contributed by atoms with Crippen LogP contribution in [0.5, 0.6) is 5.75 Å². The van der Waals surface area contributed by atoms with Crippen LogP contribution in [0.25, 0.3) is 0 Å². The van der Waals surface area contributed by atoms with E-state index in [0.29, 0.717) is 0 Å². The van der Waals surface area contributed by atoms with Crippen molar-refractivity contribution in [2.45, 2.75) is 6.18 Å². The molecular weight excluding hydrogens is 395 g/mol. The number of carbonyl (C=O) groups excluding carboxylic acids is 2. The number of halogens is 4. The minimum absolute atomic E-state index is 0.156. The zero-order chi connectivity index (χ0) is 20.4. The van der Waals surface area contributed by atoms with Crippen molar-refractivity contribution in [3.05, 3.63) is 34.0 Å². The Morgan fingerprint density at radius 3 is 2.30 bits per heavy atom. The molecule has 0 fully saturated rings. The molecule has 0 N–H and O–H groups in total. The second kappa shape index (κ2) is 8.05. The Morgan fingerprint density at radius 1 is 1.15 bits per heavy atom. The molecule has 27 heavy (non-hydrogen) atoms. The summed E-state index contributed by atoms with van der Waals surface area (Å²) in [6, 6.07) is 1.91. The van der Waals surface area contributed by atoms with Crippen LogP contribution in [0.15, 0.2) is 23.4 Å². The van der Waals surface area contributed by atoms with Crippen LogP contribution in [0.3, 0.4) is 0 Å². The van der Waals surface area contributed by atoms with Gasteiger partial charge in [0.05, 0.1) is 49.8 Å². The fraction of sp³-hybridized carbons (Fsp3) is 0.375. The van der Waals surface area contributed by atoms with Crippen molar-refractivity contribution in [1.29, 1.82) is 0 Å². The fourth-order valence-corrected chi connectivity index (χ4v) is 2.76. The molecule has 0 radical (unpaired) electrons. The molecule has 11 heteroatoms. The van der Waals surface area contributed by atoms with Gasteiger partial charge in [-0.15, -0.1) is 0 Å². The number of ether oxygens (including phenoxy) is 4. The van der Waals surface area contributed by atoms with Crippen molar-refractivity contribution in [3.8, 4) is 5.75 Å². The molecule has 0 saturated heterocycles. The highest BCUT2D eigenvalue weighted by Gasteiger charge is 2.38. The minimum Gasteiger partial charge on any atom is -0.497 e. The summed E-state index contributed by atoms with van der Waals surface area (Å²) in [5, 5.41) is -0.695. The lowest BCUT2D eigenvalue weighted by Gasteiger charge is -2.32. The lowest BCUT2D eigenvalue weighted by molar-refractivity contribution is -0.140. The maximum atomic E-state index is 13.3. The summed E-state index contributed by atoms with van der Waals surface area (Å²) in [5.74, 6) is -2.02. The van der Waals surface area contributed by atoms with Crippen LogP contribution < -0.4 is 9.64 Å². The third-order valence-electron chi connectivity index (χ3n) is 3.69. The smallest absolute Gasteiger partial charge is 0.418 e. The molecule has 0 aromatic heterocycles. The standard InChI is InChI=1S/C16H15ClF3NO6/c1-24-8-4-10(16(18,19)20)12(17)11(5-8)21-7-27-6-9(14(22)25-2)13(21)15(23)26-3/h4-5H,6-7H2,1-3H3. The number of alkyl halides is 3. The average Bonchev–Trinajstić information content (AvgIpc) is 2.65. The molecule has 0 spiro atoms. The van der Waals surface area contributed by atoms with Gasteiger partial charge in [-0.05, 0) is 6.07 Å². The molecule has 0 atom stereocenters. The van der Waals surface area contributed by atoms with E-state index in [-0.39, 0.29) is 36.0 Å². The Bertz CT molecular complexity index is 793. The number of hydrogen-bond donors (Lipinski definition) is 0. The van der Waals surface area contributed by atoms with Crippen molar-refractivity contribution in [1.82, 2.24) is 0 Å². The monoisotopic (exact) mass is 409 g/mol. The zero-order valence-electron chi connectivity index (χ0n) is 14.5. The number of benzene rings is 1. The van der Waals surface area contributed by atoms with Crippen LogP contribution in [0.2, 0.25) is 5.02 Å². The van der Waals surface area contributed by atoms with E-state index < -0.39 is 28.7 Å². The van der Waals surface area contributed by atoms with Gasteiger partial charge in [0, 0.05) is 6.07 Å². The van der Waals surface area contributed by atoms with Gasteiger partial charge in [-0.2, -0.15) is 13.2 Å². The number of hydrogen-bond acceptors (Lipinski definition) is 7. The molecule has 1 aliphatic heterocycles. The van der Waals surface area contributed by atoms with E-state index in [1.54, 1.807) is 0 Å². The second-order valence-electron chi connectivity index (χ2n) is 5.22. The molecule has 148 valence electrons. The number of nitrogens with zero attached hydrogens (tertiary/aromatic N) is 1. The van der Waals surface area contributed by atoms with Crippen LogP contribution in [0, 0.1) is 0 Å². The molecule has 0 amide bonds. The zero-order valence-corrected chi connectivity index (χ0v) is 15.2. The van der Waals surface area contributed by atoms with Crippen LogP contribution in [-0.4, -0.2) is 46.6 Å². The Balaban J connectivity index is 2.74. The van der Waals surface area contributed by atoms with Crippen LogP contribution >= 0.6 is 11.6 Å². The quantitative estimate of drug-likeness (QED) is 0.708. The first-order chi connectivity index (χ1) is 12.6. The molecule has 1 aliphatic rings. The lowest BCUT2D eigenvalue weighted by atomic mass is 10.1. The molecule has 0 unspecified atom stereocenters. The molecule has 0 aliphatic carbocycles. The Morgan fingerprint density at radius 2 is 1.78 bits per heavy atom. The van der Waals surface area contributed by atoms with Gasteiger partial charge in [0.25, 0.3) is 0 Å². The molecule has 1 aromatic rings. The summed E-state index contributed by atoms with van der Waals surface area (Å²) in [6.45, 7) is -0.642. The van der Waals surface area contributed by atoms with Crippen LogP contribution in [0.4, 0.5) is 18.9 Å². The molecule has 1 aromatic carbocycles. The number of rotatable bonds is 4. The highest BCUT2D eigenvalue weighted by molar-refractivity contribution is 6.34.